The van der Waals surface area contributed by atoms with Gasteiger partial charge in [0.05, 0.1) is 17.6 Å². The molecule has 0 aliphatic heterocycles. The summed E-state index contributed by atoms with van der Waals surface area (Å²) < 4.78 is 22.3. The van der Waals surface area contributed by atoms with Gasteiger partial charge in [-0.3, -0.25) is 4.79 Å². The third-order valence-corrected chi connectivity index (χ3v) is 4.83. The summed E-state index contributed by atoms with van der Waals surface area (Å²) in [4.78, 5) is 25.3. The van der Waals surface area contributed by atoms with Gasteiger partial charge in [-0.25, -0.2) is 4.79 Å². The molecule has 0 unspecified atom stereocenters. The van der Waals surface area contributed by atoms with Crippen LogP contribution in [0.25, 0.3) is 22.1 Å². The van der Waals surface area contributed by atoms with Crippen molar-refractivity contribution in [2.45, 2.75) is 13.8 Å². The van der Waals surface area contributed by atoms with E-state index >= 15 is 0 Å². The van der Waals surface area contributed by atoms with E-state index in [9.17, 15) is 9.59 Å². The number of hydrogen-bond donors (Lipinski definition) is 0. The first-order chi connectivity index (χ1) is 15.6. The number of carbonyl (C=O) groups excluding carboxylic acids is 1. The number of carbonyl (C=O) groups is 1. The van der Waals surface area contributed by atoms with Gasteiger partial charge in [-0.1, -0.05) is 42.5 Å². The molecule has 0 aliphatic carbocycles. The Morgan fingerprint density at radius 3 is 2.31 bits per heavy atom. The van der Waals surface area contributed by atoms with Crippen LogP contribution >= 0.6 is 0 Å². The highest BCUT2D eigenvalue weighted by atomic mass is 16.6. The van der Waals surface area contributed by atoms with Gasteiger partial charge in [0.2, 0.25) is 5.43 Å². The van der Waals surface area contributed by atoms with Crippen LogP contribution in [0.3, 0.4) is 0 Å². The second-order valence-corrected chi connectivity index (χ2v) is 7.03. The Hall–Kier alpha value is -4.06. The number of rotatable bonds is 7. The van der Waals surface area contributed by atoms with Crippen LogP contribution in [-0.4, -0.2) is 19.2 Å². The van der Waals surface area contributed by atoms with Crippen LogP contribution < -0.4 is 19.6 Å². The maximum atomic E-state index is 13.0. The van der Waals surface area contributed by atoms with Crippen molar-refractivity contribution in [2.75, 3.05) is 13.2 Å². The molecule has 0 N–H and O–H groups in total. The highest BCUT2D eigenvalue weighted by Crippen LogP contribution is 2.28. The smallest absolute Gasteiger partial charge is 0.349 e. The molecule has 0 spiro atoms. The van der Waals surface area contributed by atoms with Gasteiger partial charge in [0.1, 0.15) is 17.1 Å². The molecule has 32 heavy (non-hydrogen) atoms. The molecule has 1 aromatic heterocycles. The number of para-hydroxylation sites is 2. The lowest BCUT2D eigenvalue weighted by molar-refractivity contribution is -0.136. The zero-order chi connectivity index (χ0) is 22.5. The normalized spacial score (nSPS) is 10.7. The highest BCUT2D eigenvalue weighted by Gasteiger charge is 2.15. The molecule has 4 aromatic rings. The van der Waals surface area contributed by atoms with Gasteiger partial charge in [-0.15, -0.1) is 0 Å². The fraction of sp³-hybridized carbons (Fsp3) is 0.154. The van der Waals surface area contributed by atoms with E-state index < -0.39 is 5.97 Å². The minimum absolute atomic E-state index is 0.135. The molecular formula is C26H22O6. The van der Waals surface area contributed by atoms with Gasteiger partial charge in [0.15, 0.2) is 18.1 Å². The lowest BCUT2D eigenvalue weighted by Gasteiger charge is -2.11. The molecule has 0 fully saturated rings. The fourth-order valence-corrected chi connectivity index (χ4v) is 3.43. The molecule has 0 saturated heterocycles. The van der Waals surface area contributed by atoms with Crippen molar-refractivity contribution in [1.82, 2.24) is 0 Å². The molecule has 0 saturated carbocycles. The van der Waals surface area contributed by atoms with E-state index in [0.717, 1.165) is 5.56 Å². The largest absolute Gasteiger partial charge is 0.490 e. The summed E-state index contributed by atoms with van der Waals surface area (Å²) >= 11 is 0. The topological polar surface area (TPSA) is 75.0 Å². The van der Waals surface area contributed by atoms with Crippen LogP contribution in [0, 0.1) is 6.92 Å². The zero-order valence-corrected chi connectivity index (χ0v) is 17.8. The van der Waals surface area contributed by atoms with E-state index in [-0.39, 0.29) is 17.8 Å². The van der Waals surface area contributed by atoms with Gasteiger partial charge in [0.25, 0.3) is 0 Å². The Kier molecular flexibility index (Phi) is 6.22. The Morgan fingerprint density at radius 2 is 1.59 bits per heavy atom. The minimum atomic E-state index is -0.587. The monoisotopic (exact) mass is 430 g/mol. The van der Waals surface area contributed by atoms with Gasteiger partial charge < -0.3 is 18.6 Å². The van der Waals surface area contributed by atoms with Crippen molar-refractivity contribution in [3.05, 3.63) is 88.8 Å². The zero-order valence-electron chi connectivity index (χ0n) is 17.8. The van der Waals surface area contributed by atoms with Crippen molar-refractivity contribution < 1.29 is 23.4 Å². The molecule has 6 nitrogen and oxygen atoms in total. The van der Waals surface area contributed by atoms with Crippen LogP contribution in [0.1, 0.15) is 12.7 Å². The van der Waals surface area contributed by atoms with E-state index in [2.05, 4.69) is 0 Å². The SMILES string of the molecule is CCOc1ccccc1OCC(=O)Oc1ccc2c(=O)c(-c3ccccc3)c(C)oc2c1. The van der Waals surface area contributed by atoms with Crippen molar-refractivity contribution >= 4 is 16.9 Å². The van der Waals surface area contributed by atoms with Gasteiger partial charge in [-0.05, 0) is 43.7 Å². The van der Waals surface area contributed by atoms with Crippen molar-refractivity contribution in [3.8, 4) is 28.4 Å². The van der Waals surface area contributed by atoms with Crippen LogP contribution in [0.5, 0.6) is 17.2 Å². The van der Waals surface area contributed by atoms with Crippen molar-refractivity contribution in [1.29, 1.82) is 0 Å². The first-order valence-electron chi connectivity index (χ1n) is 10.2. The Morgan fingerprint density at radius 1 is 0.906 bits per heavy atom. The van der Waals surface area contributed by atoms with Gasteiger partial charge in [-0.2, -0.15) is 0 Å². The maximum Gasteiger partial charge on any atom is 0.349 e. The second-order valence-electron chi connectivity index (χ2n) is 7.03. The number of fused-ring (bicyclic) bond motifs is 1. The molecule has 3 aromatic carbocycles. The van der Waals surface area contributed by atoms with Gasteiger partial charge >= 0.3 is 5.97 Å². The molecule has 1 heterocycles. The molecule has 0 aliphatic rings. The maximum absolute atomic E-state index is 13.0. The lowest BCUT2D eigenvalue weighted by Crippen LogP contribution is -2.18. The summed E-state index contributed by atoms with van der Waals surface area (Å²) in [6.07, 6.45) is 0. The number of benzene rings is 3. The fourth-order valence-electron chi connectivity index (χ4n) is 3.43. The third kappa shape index (κ3) is 4.49. The van der Waals surface area contributed by atoms with Crippen LogP contribution in [0.2, 0.25) is 0 Å². The van der Waals surface area contributed by atoms with Crippen LogP contribution in [-0.2, 0) is 4.79 Å². The summed E-state index contributed by atoms with van der Waals surface area (Å²) in [5.74, 6) is 1.18. The first-order valence-corrected chi connectivity index (χ1v) is 10.2. The van der Waals surface area contributed by atoms with E-state index in [4.69, 9.17) is 18.6 Å². The van der Waals surface area contributed by atoms with Crippen LogP contribution in [0.4, 0.5) is 0 Å². The molecule has 0 atom stereocenters. The van der Waals surface area contributed by atoms with E-state index in [1.807, 2.05) is 43.3 Å². The molecule has 0 bridgehead atoms. The minimum Gasteiger partial charge on any atom is -0.490 e. The predicted molar refractivity (Wildman–Crippen MR) is 121 cm³/mol. The average molecular weight is 430 g/mol. The summed E-state index contributed by atoms with van der Waals surface area (Å²) in [5, 5.41) is 0.413. The second kappa shape index (κ2) is 9.39. The van der Waals surface area contributed by atoms with Gasteiger partial charge in [0, 0.05) is 6.07 Å². The predicted octanol–water partition coefficient (Wildman–Crippen LogP) is 5.15. The molecule has 0 amide bonds. The number of hydrogen-bond acceptors (Lipinski definition) is 6. The molecule has 0 radical (unpaired) electrons. The molecule has 162 valence electrons. The average Bonchev–Trinajstić information content (AvgIpc) is 2.79. The van der Waals surface area contributed by atoms with E-state index in [1.54, 1.807) is 37.3 Å². The summed E-state index contributed by atoms with van der Waals surface area (Å²) in [6.45, 7) is 3.80. The Bertz CT molecular complexity index is 1310. The quantitative estimate of drug-likeness (QED) is 0.298. The van der Waals surface area contributed by atoms with Crippen molar-refractivity contribution in [2.24, 2.45) is 0 Å². The number of esters is 1. The number of ether oxygens (including phenoxy) is 3. The molecule has 4 rings (SSSR count). The summed E-state index contributed by atoms with van der Waals surface area (Å²) in [5.41, 5.74) is 1.52. The summed E-state index contributed by atoms with van der Waals surface area (Å²) in [7, 11) is 0. The molecule has 6 heteroatoms. The van der Waals surface area contributed by atoms with Crippen molar-refractivity contribution in [3.63, 3.8) is 0 Å². The summed E-state index contributed by atoms with van der Waals surface area (Å²) in [6, 6.07) is 21.2. The lowest BCUT2D eigenvalue weighted by atomic mass is 10.0. The Labute approximate surface area is 185 Å². The van der Waals surface area contributed by atoms with Crippen LogP contribution in [0.15, 0.2) is 82.0 Å². The van der Waals surface area contributed by atoms with E-state index in [0.29, 0.717) is 40.4 Å². The third-order valence-electron chi connectivity index (χ3n) is 4.83. The molecular weight excluding hydrogens is 408 g/mol. The standard InChI is InChI=1S/C26H22O6/c1-3-29-21-11-7-8-12-22(21)30-16-24(27)32-19-13-14-20-23(15-19)31-17(2)25(26(20)28)18-9-5-4-6-10-18/h4-15H,3,16H2,1-2H3. The Balaban J connectivity index is 1.52. The highest BCUT2D eigenvalue weighted by molar-refractivity contribution is 5.84. The first kappa shape index (κ1) is 21.2. The number of aryl methyl sites for hydroxylation is 1. The van der Waals surface area contributed by atoms with E-state index in [1.165, 1.54) is 6.07 Å².